The Bertz CT molecular complexity index is 377. The van der Waals surface area contributed by atoms with Crippen molar-refractivity contribution in [2.75, 3.05) is 0 Å². The number of hydrogen-bond donors (Lipinski definition) is 0. The Morgan fingerprint density at radius 1 is 1.17 bits per heavy atom. The summed E-state index contributed by atoms with van der Waals surface area (Å²) in [4.78, 5) is 0. The van der Waals surface area contributed by atoms with Gasteiger partial charge in [-0.05, 0) is 40.6 Å². The third kappa shape index (κ3) is 0.990. The van der Waals surface area contributed by atoms with E-state index in [0.717, 1.165) is 14.1 Å². The molecule has 1 aromatic carbocycles. The molecule has 1 saturated carbocycles. The van der Waals surface area contributed by atoms with Gasteiger partial charge in [-0.25, -0.2) is 0 Å². The molecule has 1 fully saturated rings. The first-order valence-electron chi connectivity index (χ1n) is 4.51. The second-order valence-electron chi connectivity index (χ2n) is 3.59. The first-order valence-corrected chi connectivity index (χ1v) is 5.51. The molecule has 0 radical (unpaired) electrons. The van der Waals surface area contributed by atoms with Crippen LogP contribution in [0.2, 0.25) is 0 Å². The Hall–Kier alpha value is -0.740. The van der Waals surface area contributed by atoms with E-state index in [-0.39, 0.29) is 0 Å². The second-order valence-corrected chi connectivity index (χ2v) is 4.95. The van der Waals surface area contributed by atoms with Crippen LogP contribution in [0, 0.1) is 0 Å². The fraction of sp³-hybridized carbons (Fsp3) is 0.273. The molecule has 1 atom stereocenters. The summed E-state index contributed by atoms with van der Waals surface area (Å²) < 4.78 is 0. The Morgan fingerprint density at radius 3 is 2.75 bits per heavy atom. The highest BCUT2D eigenvalue weighted by Crippen LogP contribution is 2.47. The van der Waals surface area contributed by atoms with E-state index in [2.05, 4.69) is 30.3 Å². The van der Waals surface area contributed by atoms with E-state index in [1.807, 2.05) is 0 Å². The summed E-state index contributed by atoms with van der Waals surface area (Å²) in [6.45, 7) is 0. The fourth-order valence-electron chi connectivity index (χ4n) is 1.71. The molecule has 1 heteroatoms. The van der Waals surface area contributed by atoms with E-state index in [9.17, 15) is 0 Å². The van der Waals surface area contributed by atoms with Crippen molar-refractivity contribution >= 4 is 18.7 Å². The van der Waals surface area contributed by atoms with Gasteiger partial charge in [0.2, 0.25) is 0 Å². The minimum absolute atomic E-state index is 0.954. The molecular formula is C11H11P. The molecule has 0 amide bonds. The Labute approximate surface area is 73.7 Å². The maximum absolute atomic E-state index is 2.41. The van der Waals surface area contributed by atoms with Crippen LogP contribution in [-0.4, -0.2) is 0 Å². The van der Waals surface area contributed by atoms with Gasteiger partial charge in [0.15, 0.2) is 0 Å². The van der Waals surface area contributed by atoms with Gasteiger partial charge >= 0.3 is 0 Å². The standard InChI is InChI=1S/C11H11P/c1-2-4-10-9(3-1)7-11(12-10)8-5-6-8/h1-4,7-8,12H,5-6H2. The lowest BCUT2D eigenvalue weighted by Crippen LogP contribution is -1.63. The highest BCUT2D eigenvalue weighted by molar-refractivity contribution is 7.38. The molecule has 1 unspecified atom stereocenters. The molecule has 1 aliphatic carbocycles. The average molecular weight is 174 g/mol. The summed E-state index contributed by atoms with van der Waals surface area (Å²) in [5.74, 6) is 0.954. The van der Waals surface area contributed by atoms with Gasteiger partial charge in [-0.2, -0.15) is 0 Å². The predicted molar refractivity (Wildman–Crippen MR) is 55.4 cm³/mol. The van der Waals surface area contributed by atoms with E-state index in [1.54, 1.807) is 10.4 Å². The first kappa shape index (κ1) is 6.74. The van der Waals surface area contributed by atoms with E-state index < -0.39 is 0 Å². The normalized spacial score (nSPS) is 17.7. The van der Waals surface area contributed by atoms with Crippen molar-refractivity contribution < 1.29 is 0 Å². The number of benzene rings is 1. The van der Waals surface area contributed by atoms with Crippen LogP contribution in [0.3, 0.4) is 0 Å². The largest absolute Gasteiger partial charge is 0.128 e. The zero-order chi connectivity index (χ0) is 7.97. The van der Waals surface area contributed by atoms with Gasteiger partial charge in [-0.3, -0.25) is 0 Å². The lowest BCUT2D eigenvalue weighted by molar-refractivity contribution is 1.18. The maximum Gasteiger partial charge on any atom is -0.00155 e. The number of hydrogen-bond acceptors (Lipinski definition) is 0. The van der Waals surface area contributed by atoms with E-state index in [1.165, 1.54) is 18.2 Å². The highest BCUT2D eigenvalue weighted by atomic mass is 31.0. The van der Waals surface area contributed by atoms with Gasteiger partial charge in [0.05, 0.1) is 0 Å². The molecule has 0 bridgehead atoms. The summed E-state index contributed by atoms with van der Waals surface area (Å²) >= 11 is 0. The minimum atomic E-state index is 0.954. The van der Waals surface area contributed by atoms with Gasteiger partial charge in [-0.1, -0.05) is 24.3 Å². The zero-order valence-corrected chi connectivity index (χ0v) is 7.88. The number of fused-ring (bicyclic) bond motifs is 1. The quantitative estimate of drug-likeness (QED) is 0.617. The smallest absolute Gasteiger partial charge is 0.00155 e. The van der Waals surface area contributed by atoms with Crippen LogP contribution in [0.25, 0.3) is 10.5 Å². The van der Waals surface area contributed by atoms with E-state index in [4.69, 9.17) is 0 Å². The Morgan fingerprint density at radius 2 is 2.00 bits per heavy atom. The monoisotopic (exact) mass is 174 g/mol. The molecule has 2 aromatic rings. The van der Waals surface area contributed by atoms with Crippen LogP contribution < -0.4 is 0 Å². The molecule has 0 saturated heterocycles. The molecule has 0 aliphatic heterocycles. The molecule has 3 rings (SSSR count). The van der Waals surface area contributed by atoms with Gasteiger partial charge in [0.1, 0.15) is 0 Å². The third-order valence-corrected chi connectivity index (χ3v) is 4.13. The van der Waals surface area contributed by atoms with Crippen LogP contribution >= 0.6 is 8.19 Å². The van der Waals surface area contributed by atoms with Crippen molar-refractivity contribution in [3.05, 3.63) is 35.6 Å². The molecular weight excluding hydrogens is 163 g/mol. The predicted octanol–water partition coefficient (Wildman–Crippen LogP) is 3.75. The molecule has 1 aliphatic rings. The van der Waals surface area contributed by atoms with Crippen molar-refractivity contribution in [1.29, 1.82) is 0 Å². The van der Waals surface area contributed by atoms with Crippen LogP contribution in [0.5, 0.6) is 0 Å². The maximum atomic E-state index is 2.41. The molecule has 0 spiro atoms. The fourth-order valence-corrected chi connectivity index (χ4v) is 3.22. The van der Waals surface area contributed by atoms with E-state index >= 15 is 0 Å². The summed E-state index contributed by atoms with van der Waals surface area (Å²) in [7, 11) is 0.975. The Balaban J connectivity index is 2.23. The molecule has 12 heavy (non-hydrogen) atoms. The lowest BCUT2D eigenvalue weighted by Gasteiger charge is -1.84. The molecule has 1 heterocycles. The van der Waals surface area contributed by atoms with Crippen LogP contribution in [0.4, 0.5) is 0 Å². The van der Waals surface area contributed by atoms with Crippen LogP contribution in [0.1, 0.15) is 24.1 Å². The highest BCUT2D eigenvalue weighted by Gasteiger charge is 2.24. The van der Waals surface area contributed by atoms with Crippen LogP contribution in [-0.2, 0) is 0 Å². The van der Waals surface area contributed by atoms with Gasteiger partial charge in [-0.15, -0.1) is 8.19 Å². The van der Waals surface area contributed by atoms with Crippen molar-refractivity contribution in [3.8, 4) is 0 Å². The minimum Gasteiger partial charge on any atom is -0.128 e. The molecule has 1 aromatic heterocycles. The molecule has 60 valence electrons. The first-order chi connectivity index (χ1) is 5.93. The Kier molecular flexibility index (Phi) is 1.33. The summed E-state index contributed by atoms with van der Waals surface area (Å²) in [5, 5.41) is 4.73. The van der Waals surface area contributed by atoms with Crippen molar-refractivity contribution in [2.45, 2.75) is 18.8 Å². The van der Waals surface area contributed by atoms with Crippen molar-refractivity contribution in [3.63, 3.8) is 0 Å². The zero-order valence-electron chi connectivity index (χ0n) is 6.88. The topological polar surface area (TPSA) is 0 Å². The summed E-state index contributed by atoms with van der Waals surface area (Å²) in [5.41, 5.74) is 0. The summed E-state index contributed by atoms with van der Waals surface area (Å²) in [6, 6.07) is 11.2. The molecule has 0 N–H and O–H groups in total. The van der Waals surface area contributed by atoms with Crippen LogP contribution in [0.15, 0.2) is 30.3 Å². The van der Waals surface area contributed by atoms with Crippen molar-refractivity contribution in [1.82, 2.24) is 0 Å². The number of rotatable bonds is 1. The van der Waals surface area contributed by atoms with Crippen molar-refractivity contribution in [2.24, 2.45) is 0 Å². The SMILES string of the molecule is c1ccc2[pH]c(C3CC3)cc2c1. The van der Waals surface area contributed by atoms with Gasteiger partial charge in [0.25, 0.3) is 0 Å². The third-order valence-electron chi connectivity index (χ3n) is 2.57. The lowest BCUT2D eigenvalue weighted by atomic mass is 10.2. The average Bonchev–Trinajstić information content (AvgIpc) is 2.85. The van der Waals surface area contributed by atoms with E-state index in [0.29, 0.717) is 0 Å². The molecule has 0 nitrogen and oxygen atoms in total. The van der Waals surface area contributed by atoms with Gasteiger partial charge in [0, 0.05) is 0 Å². The second kappa shape index (κ2) is 2.37. The summed E-state index contributed by atoms with van der Waals surface area (Å²) in [6.07, 6.45) is 2.87. The van der Waals surface area contributed by atoms with Gasteiger partial charge < -0.3 is 0 Å².